The molecule has 2 rings (SSSR count). The highest BCUT2D eigenvalue weighted by atomic mass is 35.5. The molecule has 0 amide bonds. The first kappa shape index (κ1) is 12.5. The molecule has 0 bridgehead atoms. The highest BCUT2D eigenvalue weighted by Crippen LogP contribution is 2.34. The van der Waals surface area contributed by atoms with E-state index in [2.05, 4.69) is 6.92 Å². The molecule has 2 nitrogen and oxygen atoms in total. The maximum Gasteiger partial charge on any atom is 0.163 e. The van der Waals surface area contributed by atoms with Crippen molar-refractivity contribution in [3.8, 4) is 0 Å². The van der Waals surface area contributed by atoms with Crippen molar-refractivity contribution in [2.45, 2.75) is 26.8 Å². The largest absolute Gasteiger partial charge is 0.330 e. The van der Waals surface area contributed by atoms with Crippen LogP contribution in [0.1, 0.15) is 30.6 Å². The van der Waals surface area contributed by atoms with E-state index in [-0.39, 0.29) is 5.78 Å². The van der Waals surface area contributed by atoms with Gasteiger partial charge in [-0.3, -0.25) is 4.79 Å². The smallest absolute Gasteiger partial charge is 0.163 e. The van der Waals surface area contributed by atoms with Crippen molar-refractivity contribution < 1.29 is 4.79 Å². The summed E-state index contributed by atoms with van der Waals surface area (Å²) in [7, 11) is 0. The molecule has 1 aromatic heterocycles. The van der Waals surface area contributed by atoms with E-state index in [0.717, 1.165) is 23.9 Å². The number of nitrogens with zero attached hydrogens (tertiary/aromatic N) is 1. The zero-order valence-corrected chi connectivity index (χ0v) is 11.3. The Labute approximate surface area is 110 Å². The molecule has 90 valence electrons. The summed E-state index contributed by atoms with van der Waals surface area (Å²) >= 11 is 12.5. The molecule has 0 saturated carbocycles. The van der Waals surface area contributed by atoms with Crippen LogP contribution in [-0.4, -0.2) is 10.4 Å². The van der Waals surface area contributed by atoms with Crippen molar-refractivity contribution in [2.24, 2.45) is 0 Å². The molecule has 2 aromatic rings. The van der Waals surface area contributed by atoms with E-state index in [4.69, 9.17) is 23.2 Å². The second kappa shape index (κ2) is 4.71. The minimum absolute atomic E-state index is 0.0304. The second-order valence-electron chi connectivity index (χ2n) is 4.01. The minimum Gasteiger partial charge on any atom is -0.330 e. The quantitative estimate of drug-likeness (QED) is 0.749. The summed E-state index contributed by atoms with van der Waals surface area (Å²) in [6.07, 6.45) is 0.937. The van der Waals surface area contributed by atoms with Gasteiger partial charge in [0.05, 0.1) is 16.1 Å². The average Bonchev–Trinajstić information content (AvgIpc) is 2.54. The lowest BCUT2D eigenvalue weighted by Gasteiger charge is -2.05. The lowest BCUT2D eigenvalue weighted by atomic mass is 10.1. The van der Waals surface area contributed by atoms with E-state index < -0.39 is 0 Å². The Kier molecular flexibility index (Phi) is 3.45. The summed E-state index contributed by atoms with van der Waals surface area (Å²) in [5, 5.41) is 1.95. The van der Waals surface area contributed by atoms with Crippen molar-refractivity contribution in [1.82, 2.24) is 4.57 Å². The SMILES string of the molecule is CCCn1c(Cl)c(C(C)=O)c2cccc(Cl)c21. The van der Waals surface area contributed by atoms with E-state index in [1.165, 1.54) is 6.92 Å². The second-order valence-corrected chi connectivity index (χ2v) is 4.77. The summed E-state index contributed by atoms with van der Waals surface area (Å²) < 4.78 is 1.91. The third-order valence-corrected chi connectivity index (χ3v) is 3.47. The monoisotopic (exact) mass is 269 g/mol. The summed E-state index contributed by atoms with van der Waals surface area (Å²) in [4.78, 5) is 11.7. The molecule has 0 aliphatic rings. The minimum atomic E-state index is -0.0304. The number of aryl methyl sites for hydroxylation is 1. The molecule has 0 N–H and O–H groups in total. The van der Waals surface area contributed by atoms with Crippen LogP contribution >= 0.6 is 23.2 Å². The number of halogens is 2. The normalized spacial score (nSPS) is 11.1. The first-order valence-corrected chi connectivity index (χ1v) is 6.30. The van der Waals surface area contributed by atoms with E-state index in [9.17, 15) is 4.79 Å². The number of Topliss-reactive ketones (excluding diaryl/α,β-unsaturated/α-hetero) is 1. The van der Waals surface area contributed by atoms with Crippen molar-refractivity contribution in [2.75, 3.05) is 0 Å². The molecule has 17 heavy (non-hydrogen) atoms. The maximum atomic E-state index is 11.7. The molecule has 4 heteroatoms. The van der Waals surface area contributed by atoms with Gasteiger partial charge in [-0.15, -0.1) is 0 Å². The topological polar surface area (TPSA) is 22.0 Å². The summed E-state index contributed by atoms with van der Waals surface area (Å²) in [5.41, 5.74) is 1.42. The third kappa shape index (κ3) is 1.96. The fourth-order valence-electron chi connectivity index (χ4n) is 2.10. The zero-order chi connectivity index (χ0) is 12.6. The van der Waals surface area contributed by atoms with Crippen LogP contribution in [0.2, 0.25) is 10.2 Å². The van der Waals surface area contributed by atoms with Gasteiger partial charge in [-0.05, 0) is 19.4 Å². The van der Waals surface area contributed by atoms with Crippen LogP contribution in [0.5, 0.6) is 0 Å². The van der Waals surface area contributed by atoms with Crippen molar-refractivity contribution in [3.05, 3.63) is 33.9 Å². The maximum absolute atomic E-state index is 11.7. The molecule has 0 aliphatic carbocycles. The molecule has 0 unspecified atom stereocenters. The van der Waals surface area contributed by atoms with Crippen LogP contribution in [0.25, 0.3) is 10.9 Å². The number of carbonyl (C=O) groups excluding carboxylic acids is 1. The summed E-state index contributed by atoms with van der Waals surface area (Å²) in [5.74, 6) is -0.0304. The molecular formula is C13H13Cl2NO. The predicted molar refractivity (Wildman–Crippen MR) is 72.3 cm³/mol. The molecule has 0 spiro atoms. The van der Waals surface area contributed by atoms with Gasteiger partial charge in [-0.2, -0.15) is 0 Å². The first-order valence-electron chi connectivity index (χ1n) is 5.55. The Hall–Kier alpha value is -0.990. The number of para-hydroxylation sites is 1. The van der Waals surface area contributed by atoms with Gasteiger partial charge in [0, 0.05) is 11.9 Å². The molecule has 1 heterocycles. The van der Waals surface area contributed by atoms with Gasteiger partial charge in [0.25, 0.3) is 0 Å². The van der Waals surface area contributed by atoms with Crippen molar-refractivity contribution in [3.63, 3.8) is 0 Å². The average molecular weight is 270 g/mol. The molecular weight excluding hydrogens is 257 g/mol. The highest BCUT2D eigenvalue weighted by Gasteiger charge is 2.19. The van der Waals surface area contributed by atoms with Gasteiger partial charge in [0.15, 0.2) is 5.78 Å². The molecule has 1 aromatic carbocycles. The Morgan fingerprint density at radius 1 is 1.35 bits per heavy atom. The van der Waals surface area contributed by atoms with Gasteiger partial charge in [0.1, 0.15) is 5.15 Å². The third-order valence-electron chi connectivity index (χ3n) is 2.77. The fourth-order valence-corrected chi connectivity index (χ4v) is 2.78. The number of ketones is 1. The van der Waals surface area contributed by atoms with Crippen molar-refractivity contribution >= 4 is 39.9 Å². The number of fused-ring (bicyclic) bond motifs is 1. The lowest BCUT2D eigenvalue weighted by molar-refractivity contribution is 0.101. The standard InChI is InChI=1S/C13H13Cl2NO/c1-3-7-16-12-9(5-4-6-10(12)14)11(8(2)17)13(16)15/h4-6H,3,7H2,1-2H3. The van der Waals surface area contributed by atoms with Crippen LogP contribution in [-0.2, 0) is 6.54 Å². The van der Waals surface area contributed by atoms with Gasteiger partial charge < -0.3 is 4.57 Å². The zero-order valence-electron chi connectivity index (χ0n) is 9.76. The van der Waals surface area contributed by atoms with Crippen molar-refractivity contribution in [1.29, 1.82) is 0 Å². The van der Waals surface area contributed by atoms with Crippen LogP contribution in [0.15, 0.2) is 18.2 Å². The number of hydrogen-bond donors (Lipinski definition) is 0. The number of benzene rings is 1. The van der Waals surface area contributed by atoms with E-state index in [0.29, 0.717) is 15.7 Å². The number of hydrogen-bond acceptors (Lipinski definition) is 1. The summed E-state index contributed by atoms with van der Waals surface area (Å²) in [6, 6.07) is 5.54. The molecule has 0 aliphatic heterocycles. The predicted octanol–water partition coefficient (Wildman–Crippen LogP) is 4.56. The molecule has 0 radical (unpaired) electrons. The Morgan fingerprint density at radius 3 is 2.65 bits per heavy atom. The van der Waals surface area contributed by atoms with Gasteiger partial charge in [0.2, 0.25) is 0 Å². The Morgan fingerprint density at radius 2 is 2.06 bits per heavy atom. The van der Waals surface area contributed by atoms with E-state index in [1.807, 2.05) is 22.8 Å². The Bertz CT molecular complexity index is 587. The van der Waals surface area contributed by atoms with Crippen LogP contribution in [0, 0.1) is 0 Å². The number of carbonyl (C=O) groups is 1. The van der Waals surface area contributed by atoms with E-state index in [1.54, 1.807) is 0 Å². The summed E-state index contributed by atoms with van der Waals surface area (Å²) in [6.45, 7) is 4.34. The lowest BCUT2D eigenvalue weighted by Crippen LogP contribution is -1.98. The highest BCUT2D eigenvalue weighted by molar-refractivity contribution is 6.39. The Balaban J connectivity index is 2.88. The van der Waals surface area contributed by atoms with E-state index >= 15 is 0 Å². The molecule has 0 fully saturated rings. The number of rotatable bonds is 3. The first-order chi connectivity index (χ1) is 8.07. The van der Waals surface area contributed by atoms with Gasteiger partial charge in [-0.25, -0.2) is 0 Å². The molecule has 0 atom stereocenters. The molecule has 0 saturated heterocycles. The van der Waals surface area contributed by atoms with Crippen LogP contribution in [0.4, 0.5) is 0 Å². The van der Waals surface area contributed by atoms with Crippen LogP contribution in [0.3, 0.4) is 0 Å². The van der Waals surface area contributed by atoms with Gasteiger partial charge in [-0.1, -0.05) is 42.3 Å². The van der Waals surface area contributed by atoms with Gasteiger partial charge >= 0.3 is 0 Å². The fraction of sp³-hybridized carbons (Fsp3) is 0.308. The number of aromatic nitrogens is 1. The van der Waals surface area contributed by atoms with Crippen LogP contribution < -0.4 is 0 Å².